The van der Waals surface area contributed by atoms with Crippen LogP contribution in [0.5, 0.6) is 0 Å². The molecule has 1 aromatic heterocycles. The number of hydrogen-bond donors (Lipinski definition) is 3. The summed E-state index contributed by atoms with van der Waals surface area (Å²) in [5.74, 6) is -1.49. The Morgan fingerprint density at radius 1 is 1.38 bits per heavy atom. The maximum absolute atomic E-state index is 12.2. The lowest BCUT2D eigenvalue weighted by atomic mass is 10.1. The lowest BCUT2D eigenvalue weighted by molar-refractivity contribution is -0.146. The molecule has 0 saturated heterocycles. The van der Waals surface area contributed by atoms with E-state index in [0.29, 0.717) is 10.9 Å². The zero-order chi connectivity index (χ0) is 15.6. The smallest absolute Gasteiger partial charge is 0.333 e. The third kappa shape index (κ3) is 3.18. The first-order chi connectivity index (χ1) is 9.83. The first-order valence-electron chi connectivity index (χ1n) is 6.08. The summed E-state index contributed by atoms with van der Waals surface area (Å²) in [6.45, 7) is 1.21. The number of sulfonamides is 1. The number of carboxylic acids is 1. The molecule has 7 nitrogen and oxygen atoms in total. The highest BCUT2D eigenvalue weighted by molar-refractivity contribution is 7.89. The van der Waals surface area contributed by atoms with Crippen LogP contribution < -0.4 is 4.72 Å². The molecule has 0 bridgehead atoms. The summed E-state index contributed by atoms with van der Waals surface area (Å²) in [4.78, 5) is 14.7. The predicted molar refractivity (Wildman–Crippen MR) is 75.3 cm³/mol. The molecular formula is C13H14N2O5S. The average molecular weight is 310 g/mol. The third-order valence-electron chi connectivity index (χ3n) is 2.97. The standard InChI is InChI=1S/C13H14N2O5S/c1-8-4-5-11(9-3-2-6-14-12(8)9)21(19,20)15-7-10(16)13(17)18/h2-6,10,15-16H,7H2,1H3,(H,17,18). The highest BCUT2D eigenvalue weighted by Crippen LogP contribution is 2.23. The number of aryl methyl sites for hydroxylation is 1. The van der Waals surface area contributed by atoms with Gasteiger partial charge in [-0.2, -0.15) is 0 Å². The van der Waals surface area contributed by atoms with Gasteiger partial charge in [0.1, 0.15) is 0 Å². The second-order valence-corrected chi connectivity index (χ2v) is 6.22. The summed E-state index contributed by atoms with van der Waals surface area (Å²) >= 11 is 0. The lowest BCUT2D eigenvalue weighted by Gasteiger charge is -2.11. The Morgan fingerprint density at radius 3 is 2.76 bits per heavy atom. The monoisotopic (exact) mass is 310 g/mol. The number of pyridine rings is 1. The van der Waals surface area contributed by atoms with Crippen molar-refractivity contribution in [2.45, 2.75) is 17.9 Å². The number of aliphatic hydroxyl groups excluding tert-OH is 1. The van der Waals surface area contributed by atoms with Crippen molar-refractivity contribution >= 4 is 26.9 Å². The molecule has 2 aromatic rings. The van der Waals surface area contributed by atoms with E-state index in [1.807, 2.05) is 6.92 Å². The van der Waals surface area contributed by atoms with Crippen LogP contribution in [-0.4, -0.2) is 42.2 Å². The molecule has 0 aliphatic rings. The molecule has 0 amide bonds. The Labute approximate surface area is 121 Å². The van der Waals surface area contributed by atoms with Crippen molar-refractivity contribution in [3.05, 3.63) is 36.0 Å². The van der Waals surface area contributed by atoms with E-state index in [-0.39, 0.29) is 4.90 Å². The van der Waals surface area contributed by atoms with Gasteiger partial charge in [-0.1, -0.05) is 6.07 Å². The maximum Gasteiger partial charge on any atom is 0.333 e. The Balaban J connectivity index is 2.41. The van der Waals surface area contributed by atoms with E-state index in [0.717, 1.165) is 5.56 Å². The number of aliphatic carboxylic acids is 1. The molecule has 8 heteroatoms. The fourth-order valence-electron chi connectivity index (χ4n) is 1.88. The van der Waals surface area contributed by atoms with E-state index < -0.39 is 28.6 Å². The molecule has 0 saturated carbocycles. The van der Waals surface area contributed by atoms with E-state index in [1.165, 1.54) is 6.07 Å². The summed E-state index contributed by atoms with van der Waals surface area (Å²) in [6, 6.07) is 6.29. The van der Waals surface area contributed by atoms with Gasteiger partial charge in [-0.3, -0.25) is 4.98 Å². The van der Waals surface area contributed by atoms with Crippen molar-refractivity contribution in [1.82, 2.24) is 9.71 Å². The number of carbonyl (C=O) groups is 1. The van der Waals surface area contributed by atoms with Crippen LogP contribution in [0.4, 0.5) is 0 Å². The fraction of sp³-hybridized carbons (Fsp3) is 0.231. The van der Waals surface area contributed by atoms with Gasteiger partial charge in [-0.05, 0) is 30.7 Å². The predicted octanol–water partition coefficient (Wildman–Crippen LogP) is 0.267. The Morgan fingerprint density at radius 2 is 2.10 bits per heavy atom. The molecule has 1 aromatic carbocycles. The normalized spacial score (nSPS) is 13.2. The van der Waals surface area contributed by atoms with Gasteiger partial charge in [-0.25, -0.2) is 17.9 Å². The van der Waals surface area contributed by atoms with E-state index in [1.54, 1.807) is 24.4 Å². The molecule has 0 aliphatic carbocycles. The molecule has 0 spiro atoms. The van der Waals surface area contributed by atoms with Gasteiger partial charge in [0.15, 0.2) is 6.10 Å². The minimum absolute atomic E-state index is 0.00575. The highest BCUT2D eigenvalue weighted by Gasteiger charge is 2.21. The highest BCUT2D eigenvalue weighted by atomic mass is 32.2. The van der Waals surface area contributed by atoms with Crippen molar-refractivity contribution < 1.29 is 23.4 Å². The van der Waals surface area contributed by atoms with Gasteiger partial charge in [0.05, 0.1) is 10.4 Å². The molecule has 1 heterocycles. The second-order valence-electron chi connectivity index (χ2n) is 4.49. The van der Waals surface area contributed by atoms with E-state index in [2.05, 4.69) is 9.71 Å². The van der Waals surface area contributed by atoms with Crippen molar-refractivity contribution in [1.29, 1.82) is 0 Å². The zero-order valence-electron chi connectivity index (χ0n) is 11.1. The van der Waals surface area contributed by atoms with Gasteiger partial charge in [-0.15, -0.1) is 0 Å². The van der Waals surface area contributed by atoms with Crippen molar-refractivity contribution in [2.24, 2.45) is 0 Å². The number of fused-ring (bicyclic) bond motifs is 1. The minimum atomic E-state index is -3.95. The van der Waals surface area contributed by atoms with Crippen LogP contribution in [0.1, 0.15) is 5.56 Å². The summed E-state index contributed by atoms with van der Waals surface area (Å²) in [7, 11) is -3.95. The molecule has 0 fully saturated rings. The fourth-order valence-corrected chi connectivity index (χ4v) is 3.11. The molecule has 1 atom stereocenters. The summed E-state index contributed by atoms with van der Waals surface area (Å²) in [5.41, 5.74) is 1.38. The topological polar surface area (TPSA) is 117 Å². The molecule has 21 heavy (non-hydrogen) atoms. The number of rotatable bonds is 5. The molecule has 2 rings (SSSR count). The van der Waals surface area contributed by atoms with Crippen LogP contribution in [-0.2, 0) is 14.8 Å². The van der Waals surface area contributed by atoms with Crippen LogP contribution in [0.3, 0.4) is 0 Å². The number of hydrogen-bond acceptors (Lipinski definition) is 5. The van der Waals surface area contributed by atoms with Gasteiger partial charge >= 0.3 is 5.97 Å². The number of aromatic nitrogens is 1. The van der Waals surface area contributed by atoms with Gasteiger partial charge in [0, 0.05) is 18.1 Å². The van der Waals surface area contributed by atoms with Crippen molar-refractivity contribution in [3.63, 3.8) is 0 Å². The summed E-state index contributed by atoms with van der Waals surface area (Å²) in [6.07, 6.45) is -0.234. The van der Waals surface area contributed by atoms with E-state index >= 15 is 0 Å². The third-order valence-corrected chi connectivity index (χ3v) is 4.45. The first-order valence-corrected chi connectivity index (χ1v) is 7.56. The molecule has 3 N–H and O–H groups in total. The van der Waals surface area contributed by atoms with Crippen LogP contribution in [0.2, 0.25) is 0 Å². The molecule has 0 aliphatic heterocycles. The minimum Gasteiger partial charge on any atom is -0.479 e. The van der Waals surface area contributed by atoms with E-state index in [9.17, 15) is 13.2 Å². The quantitative estimate of drug-likeness (QED) is 0.729. The second kappa shape index (κ2) is 5.76. The van der Waals surface area contributed by atoms with Crippen LogP contribution in [0, 0.1) is 6.92 Å². The first kappa shape index (κ1) is 15.4. The maximum atomic E-state index is 12.2. The van der Waals surface area contributed by atoms with Gasteiger partial charge in [0.25, 0.3) is 0 Å². The Hall–Kier alpha value is -2.03. The van der Waals surface area contributed by atoms with Crippen molar-refractivity contribution in [3.8, 4) is 0 Å². The van der Waals surface area contributed by atoms with Crippen LogP contribution >= 0.6 is 0 Å². The largest absolute Gasteiger partial charge is 0.479 e. The molecule has 0 radical (unpaired) electrons. The van der Waals surface area contributed by atoms with Gasteiger partial charge < -0.3 is 10.2 Å². The average Bonchev–Trinajstić information content (AvgIpc) is 2.45. The Kier molecular flexibility index (Phi) is 4.21. The number of aliphatic hydroxyl groups is 1. The number of carboxylic acid groups (broad SMARTS) is 1. The SMILES string of the molecule is Cc1ccc(S(=O)(=O)NCC(O)C(=O)O)c2cccnc12. The molecule has 1 unspecified atom stereocenters. The number of benzene rings is 1. The van der Waals surface area contributed by atoms with Crippen LogP contribution in [0.15, 0.2) is 35.4 Å². The summed E-state index contributed by atoms with van der Waals surface area (Å²) in [5, 5.41) is 18.2. The van der Waals surface area contributed by atoms with Gasteiger partial charge in [0.2, 0.25) is 10.0 Å². The molecule has 112 valence electrons. The number of nitrogens with zero attached hydrogens (tertiary/aromatic N) is 1. The zero-order valence-corrected chi connectivity index (χ0v) is 12.0. The van der Waals surface area contributed by atoms with Crippen LogP contribution in [0.25, 0.3) is 10.9 Å². The number of nitrogens with one attached hydrogen (secondary N) is 1. The van der Waals surface area contributed by atoms with Crippen molar-refractivity contribution in [2.75, 3.05) is 6.54 Å². The lowest BCUT2D eigenvalue weighted by Crippen LogP contribution is -2.36. The molecular weight excluding hydrogens is 296 g/mol. The Bertz CT molecular complexity index is 788. The van der Waals surface area contributed by atoms with E-state index in [4.69, 9.17) is 10.2 Å². The summed E-state index contributed by atoms with van der Waals surface area (Å²) < 4.78 is 26.6.